The van der Waals surface area contributed by atoms with Crippen LogP contribution >= 0.6 is 0 Å². The van der Waals surface area contributed by atoms with Crippen molar-refractivity contribution < 1.29 is 0 Å². The Bertz CT molecular complexity index is 708. The zero-order valence-corrected chi connectivity index (χ0v) is 11.4. The molecular weight excluding hydrogens is 238 g/mol. The predicted octanol–water partition coefficient (Wildman–Crippen LogP) is 2.57. The van der Waals surface area contributed by atoms with Gasteiger partial charge in [0.2, 0.25) is 0 Å². The molecule has 0 unspecified atom stereocenters. The summed E-state index contributed by atoms with van der Waals surface area (Å²) >= 11 is 0. The summed E-state index contributed by atoms with van der Waals surface area (Å²) in [6, 6.07) is 8.48. The van der Waals surface area contributed by atoms with Crippen LogP contribution in [0.25, 0.3) is 11.0 Å². The summed E-state index contributed by atoms with van der Waals surface area (Å²) < 4.78 is 4.13. The molecule has 0 aliphatic heterocycles. The Morgan fingerprint density at radius 1 is 1.21 bits per heavy atom. The maximum atomic E-state index is 4.57. The van der Waals surface area contributed by atoms with E-state index in [1.165, 1.54) is 0 Å². The average molecular weight is 255 g/mol. The molecule has 0 bridgehead atoms. The molecule has 2 aromatic heterocycles. The molecule has 0 spiro atoms. The van der Waals surface area contributed by atoms with Gasteiger partial charge in [-0.1, -0.05) is 12.1 Å². The second kappa shape index (κ2) is 4.50. The smallest absolute Gasteiger partial charge is 0.147 e. The molecule has 0 aliphatic rings. The molecular formula is C14H17N5. The summed E-state index contributed by atoms with van der Waals surface area (Å²) in [5.74, 6) is 1.96. The molecule has 0 saturated heterocycles. The van der Waals surface area contributed by atoms with Crippen LogP contribution in [0.1, 0.15) is 31.5 Å². The topological polar surface area (TPSA) is 48.5 Å². The van der Waals surface area contributed by atoms with E-state index in [9.17, 15) is 0 Å². The van der Waals surface area contributed by atoms with Crippen molar-refractivity contribution in [1.82, 2.24) is 24.3 Å². The largest absolute Gasteiger partial charge is 0.320 e. The molecule has 2 heterocycles. The van der Waals surface area contributed by atoms with Crippen molar-refractivity contribution in [3.63, 3.8) is 0 Å². The van der Waals surface area contributed by atoms with Crippen LogP contribution < -0.4 is 0 Å². The van der Waals surface area contributed by atoms with Gasteiger partial charge in [0.05, 0.1) is 17.6 Å². The van der Waals surface area contributed by atoms with Crippen LogP contribution in [0.3, 0.4) is 0 Å². The lowest BCUT2D eigenvalue weighted by Crippen LogP contribution is -2.12. The summed E-state index contributed by atoms with van der Waals surface area (Å²) in [6.45, 7) is 6.94. The fourth-order valence-corrected chi connectivity index (χ4v) is 2.36. The van der Waals surface area contributed by atoms with E-state index in [1.54, 1.807) is 6.33 Å². The van der Waals surface area contributed by atoms with E-state index in [0.717, 1.165) is 22.7 Å². The van der Waals surface area contributed by atoms with E-state index in [0.29, 0.717) is 12.6 Å². The van der Waals surface area contributed by atoms with E-state index in [2.05, 4.69) is 39.5 Å². The summed E-state index contributed by atoms with van der Waals surface area (Å²) in [4.78, 5) is 8.94. The normalized spacial score (nSPS) is 11.6. The second-order valence-electron chi connectivity index (χ2n) is 4.95. The molecule has 0 atom stereocenters. The zero-order chi connectivity index (χ0) is 13.4. The summed E-state index contributed by atoms with van der Waals surface area (Å²) in [5, 5.41) is 4.28. The molecule has 19 heavy (non-hydrogen) atoms. The van der Waals surface area contributed by atoms with Gasteiger partial charge in [0.25, 0.3) is 0 Å². The van der Waals surface area contributed by atoms with E-state index in [-0.39, 0.29) is 0 Å². The number of hydrogen-bond acceptors (Lipinski definition) is 3. The average Bonchev–Trinajstić information content (AvgIpc) is 2.96. The highest BCUT2D eigenvalue weighted by Crippen LogP contribution is 2.17. The maximum absolute atomic E-state index is 4.57. The number of aromatic nitrogens is 5. The molecule has 3 rings (SSSR count). The first-order valence-corrected chi connectivity index (χ1v) is 6.47. The number of para-hydroxylation sites is 2. The minimum atomic E-state index is 0.313. The summed E-state index contributed by atoms with van der Waals surface area (Å²) in [6.07, 6.45) is 1.61. The van der Waals surface area contributed by atoms with Gasteiger partial charge < -0.3 is 4.57 Å². The van der Waals surface area contributed by atoms with Crippen LogP contribution in [-0.4, -0.2) is 24.3 Å². The number of fused-ring (bicyclic) bond motifs is 1. The van der Waals surface area contributed by atoms with Crippen molar-refractivity contribution in [2.45, 2.75) is 33.4 Å². The molecule has 1 aromatic carbocycles. The fourth-order valence-electron chi connectivity index (χ4n) is 2.36. The highest BCUT2D eigenvalue weighted by Gasteiger charge is 2.12. The Labute approximate surface area is 111 Å². The van der Waals surface area contributed by atoms with Gasteiger partial charge in [-0.05, 0) is 32.9 Å². The van der Waals surface area contributed by atoms with Gasteiger partial charge in [-0.25, -0.2) is 14.6 Å². The number of benzene rings is 1. The van der Waals surface area contributed by atoms with E-state index in [4.69, 9.17) is 0 Å². The lowest BCUT2D eigenvalue weighted by atomic mass is 10.3. The zero-order valence-electron chi connectivity index (χ0n) is 11.4. The van der Waals surface area contributed by atoms with Crippen molar-refractivity contribution in [1.29, 1.82) is 0 Å². The molecule has 0 N–H and O–H groups in total. The molecule has 0 amide bonds. The first-order chi connectivity index (χ1) is 9.16. The first-order valence-electron chi connectivity index (χ1n) is 6.47. The molecule has 98 valence electrons. The van der Waals surface area contributed by atoms with Gasteiger partial charge in [0.1, 0.15) is 18.0 Å². The van der Waals surface area contributed by atoms with E-state index < -0.39 is 0 Å². The minimum absolute atomic E-state index is 0.313. The monoisotopic (exact) mass is 255 g/mol. The Kier molecular flexibility index (Phi) is 2.81. The first kappa shape index (κ1) is 11.9. The molecule has 0 radical (unpaired) electrons. The molecule has 0 saturated carbocycles. The van der Waals surface area contributed by atoms with Gasteiger partial charge in [-0.2, -0.15) is 5.10 Å². The number of hydrogen-bond donors (Lipinski definition) is 0. The van der Waals surface area contributed by atoms with Crippen LogP contribution in [0, 0.1) is 6.92 Å². The molecule has 5 heteroatoms. The predicted molar refractivity (Wildman–Crippen MR) is 74.0 cm³/mol. The standard InChI is InChI=1S/C14H17N5/c1-10(2)19-14(15-9-16-19)8-18-11(3)17-12-6-4-5-7-13(12)18/h4-7,9-10H,8H2,1-3H3. The Hall–Kier alpha value is -2.17. The van der Waals surface area contributed by atoms with E-state index in [1.807, 2.05) is 29.8 Å². The molecule has 3 aromatic rings. The van der Waals surface area contributed by atoms with Gasteiger partial charge in [0.15, 0.2) is 0 Å². The number of nitrogens with zero attached hydrogens (tertiary/aromatic N) is 5. The van der Waals surface area contributed by atoms with E-state index >= 15 is 0 Å². The second-order valence-corrected chi connectivity index (χ2v) is 4.95. The number of aryl methyl sites for hydroxylation is 1. The fraction of sp³-hybridized carbons (Fsp3) is 0.357. The SMILES string of the molecule is Cc1nc2ccccc2n1Cc1ncnn1C(C)C. The third kappa shape index (κ3) is 2.01. The van der Waals surface area contributed by atoms with Crippen LogP contribution in [-0.2, 0) is 6.54 Å². The van der Waals surface area contributed by atoms with Gasteiger partial charge >= 0.3 is 0 Å². The maximum Gasteiger partial charge on any atom is 0.147 e. The molecule has 5 nitrogen and oxygen atoms in total. The van der Waals surface area contributed by atoms with Crippen LogP contribution in [0.5, 0.6) is 0 Å². The Morgan fingerprint density at radius 3 is 2.79 bits per heavy atom. The number of rotatable bonds is 3. The van der Waals surface area contributed by atoms with Crippen LogP contribution in [0.15, 0.2) is 30.6 Å². The van der Waals surface area contributed by atoms with Crippen molar-refractivity contribution in [2.75, 3.05) is 0 Å². The molecule has 0 aliphatic carbocycles. The van der Waals surface area contributed by atoms with Crippen LogP contribution in [0.4, 0.5) is 0 Å². The highest BCUT2D eigenvalue weighted by molar-refractivity contribution is 5.75. The van der Waals surface area contributed by atoms with Crippen molar-refractivity contribution >= 4 is 11.0 Å². The Balaban J connectivity index is 2.06. The van der Waals surface area contributed by atoms with Gasteiger partial charge in [0, 0.05) is 6.04 Å². The van der Waals surface area contributed by atoms with Gasteiger partial charge in [-0.15, -0.1) is 0 Å². The Morgan fingerprint density at radius 2 is 2.00 bits per heavy atom. The van der Waals surface area contributed by atoms with Gasteiger partial charge in [-0.3, -0.25) is 0 Å². The summed E-state index contributed by atoms with van der Waals surface area (Å²) in [5.41, 5.74) is 2.16. The van der Waals surface area contributed by atoms with Crippen molar-refractivity contribution in [2.24, 2.45) is 0 Å². The van der Waals surface area contributed by atoms with Crippen LogP contribution in [0.2, 0.25) is 0 Å². The quantitative estimate of drug-likeness (QED) is 0.722. The number of imidazole rings is 1. The third-order valence-corrected chi connectivity index (χ3v) is 3.28. The summed E-state index contributed by atoms with van der Waals surface area (Å²) in [7, 11) is 0. The lowest BCUT2D eigenvalue weighted by Gasteiger charge is -2.11. The molecule has 0 fully saturated rings. The van der Waals surface area contributed by atoms with Crippen molar-refractivity contribution in [3.05, 3.63) is 42.2 Å². The minimum Gasteiger partial charge on any atom is -0.320 e. The van der Waals surface area contributed by atoms with Crippen molar-refractivity contribution in [3.8, 4) is 0 Å². The lowest BCUT2D eigenvalue weighted by molar-refractivity contribution is 0.496. The third-order valence-electron chi connectivity index (χ3n) is 3.28. The highest BCUT2D eigenvalue weighted by atomic mass is 15.4.